The largest absolute Gasteiger partial charge is 0.496 e. The fourth-order valence-electron chi connectivity index (χ4n) is 4.28. The number of carbonyl (C=O) groups is 3. The number of nitrogens with one attached hydrogen (secondary N) is 2. The van der Waals surface area contributed by atoms with Gasteiger partial charge in [-0.15, -0.1) is 0 Å². The Morgan fingerprint density at radius 3 is 2.76 bits per heavy atom. The van der Waals surface area contributed by atoms with Crippen LogP contribution in [0.5, 0.6) is 5.75 Å². The molecule has 0 saturated heterocycles. The number of para-hydroxylation sites is 1. The molecule has 8 heteroatoms. The van der Waals surface area contributed by atoms with Crippen LogP contribution in [0.3, 0.4) is 0 Å². The van der Waals surface area contributed by atoms with Gasteiger partial charge in [-0.2, -0.15) is 0 Å². The number of hydrogen-bond acceptors (Lipinski definition) is 5. The Morgan fingerprint density at radius 1 is 1.24 bits per heavy atom. The summed E-state index contributed by atoms with van der Waals surface area (Å²) in [5, 5.41) is 5.85. The number of urea groups is 1. The molecule has 3 amide bonds. The lowest BCUT2D eigenvalue weighted by molar-refractivity contribution is -0.136. The van der Waals surface area contributed by atoms with Crippen molar-refractivity contribution in [3.63, 3.8) is 0 Å². The van der Waals surface area contributed by atoms with Gasteiger partial charge in [0.05, 0.1) is 24.4 Å². The fourth-order valence-corrected chi connectivity index (χ4v) is 4.28. The Bertz CT molecular complexity index is 860. The SMILES string of the molecule is COc1ccccc1[C@@H]1NC(=O)N(CC(=O)NC2CCCCC2)C2=C1C(=O)OC2. The van der Waals surface area contributed by atoms with Crippen LogP contribution in [0.25, 0.3) is 0 Å². The highest BCUT2D eigenvalue weighted by Crippen LogP contribution is 2.38. The van der Waals surface area contributed by atoms with Crippen molar-refractivity contribution in [2.75, 3.05) is 20.3 Å². The summed E-state index contributed by atoms with van der Waals surface area (Å²) in [6.45, 7) is -0.166. The maximum absolute atomic E-state index is 12.8. The third-order valence-corrected chi connectivity index (χ3v) is 5.72. The summed E-state index contributed by atoms with van der Waals surface area (Å²) in [7, 11) is 1.54. The van der Waals surface area contributed by atoms with Crippen LogP contribution >= 0.6 is 0 Å². The Kier molecular flexibility index (Phi) is 5.42. The maximum atomic E-state index is 12.8. The van der Waals surface area contributed by atoms with Crippen molar-refractivity contribution in [1.29, 1.82) is 0 Å². The smallest absolute Gasteiger partial charge is 0.338 e. The van der Waals surface area contributed by atoms with Crippen LogP contribution in [0.2, 0.25) is 0 Å². The summed E-state index contributed by atoms with van der Waals surface area (Å²) in [6, 6.07) is 6.24. The molecule has 2 N–H and O–H groups in total. The first-order valence-corrected chi connectivity index (χ1v) is 9.99. The lowest BCUT2D eigenvalue weighted by Crippen LogP contribution is -2.51. The van der Waals surface area contributed by atoms with Gasteiger partial charge in [-0.05, 0) is 18.9 Å². The second-order valence-corrected chi connectivity index (χ2v) is 7.55. The zero-order valence-corrected chi connectivity index (χ0v) is 16.4. The summed E-state index contributed by atoms with van der Waals surface area (Å²) >= 11 is 0. The van der Waals surface area contributed by atoms with Gasteiger partial charge in [-0.3, -0.25) is 9.69 Å². The van der Waals surface area contributed by atoms with E-state index in [0.717, 1.165) is 25.7 Å². The predicted octanol–water partition coefficient (Wildman–Crippen LogP) is 2.02. The van der Waals surface area contributed by atoms with Gasteiger partial charge >= 0.3 is 12.0 Å². The van der Waals surface area contributed by atoms with Crippen molar-refractivity contribution in [3.05, 3.63) is 41.1 Å². The maximum Gasteiger partial charge on any atom is 0.338 e. The summed E-state index contributed by atoms with van der Waals surface area (Å²) in [5.74, 6) is -0.157. The second-order valence-electron chi connectivity index (χ2n) is 7.55. The number of esters is 1. The molecule has 1 saturated carbocycles. The zero-order valence-electron chi connectivity index (χ0n) is 16.4. The molecular formula is C21H25N3O5. The normalized spacial score (nSPS) is 22.1. The molecule has 1 atom stereocenters. The number of benzene rings is 1. The minimum Gasteiger partial charge on any atom is -0.496 e. The highest BCUT2D eigenvalue weighted by Gasteiger charge is 2.43. The third-order valence-electron chi connectivity index (χ3n) is 5.72. The van der Waals surface area contributed by atoms with Crippen molar-refractivity contribution >= 4 is 17.9 Å². The van der Waals surface area contributed by atoms with Crippen LogP contribution < -0.4 is 15.4 Å². The molecule has 0 radical (unpaired) electrons. The van der Waals surface area contributed by atoms with Crippen LogP contribution in [-0.2, 0) is 14.3 Å². The van der Waals surface area contributed by atoms with E-state index in [4.69, 9.17) is 9.47 Å². The van der Waals surface area contributed by atoms with Crippen LogP contribution in [0, 0.1) is 0 Å². The van der Waals surface area contributed by atoms with Crippen molar-refractivity contribution < 1.29 is 23.9 Å². The molecule has 8 nitrogen and oxygen atoms in total. The molecule has 2 heterocycles. The first kappa shape index (κ1) is 19.3. The van der Waals surface area contributed by atoms with Crippen LogP contribution in [0.1, 0.15) is 43.7 Å². The van der Waals surface area contributed by atoms with E-state index < -0.39 is 18.0 Å². The number of nitrogens with zero attached hydrogens (tertiary/aromatic N) is 1. The Hall–Kier alpha value is -3.03. The Labute approximate surface area is 169 Å². The quantitative estimate of drug-likeness (QED) is 0.739. The topological polar surface area (TPSA) is 97.0 Å². The molecule has 1 aromatic carbocycles. The van der Waals surface area contributed by atoms with E-state index in [1.807, 2.05) is 12.1 Å². The lowest BCUT2D eigenvalue weighted by Gasteiger charge is -2.33. The number of rotatable bonds is 5. The van der Waals surface area contributed by atoms with E-state index in [-0.39, 0.29) is 25.1 Å². The van der Waals surface area contributed by atoms with E-state index in [0.29, 0.717) is 22.6 Å². The molecule has 29 heavy (non-hydrogen) atoms. The van der Waals surface area contributed by atoms with Gasteiger partial charge in [-0.25, -0.2) is 9.59 Å². The molecule has 4 rings (SSSR count). The van der Waals surface area contributed by atoms with E-state index in [1.165, 1.54) is 18.4 Å². The predicted molar refractivity (Wildman–Crippen MR) is 104 cm³/mol. The first-order chi connectivity index (χ1) is 14.1. The average molecular weight is 399 g/mol. The molecule has 3 aliphatic rings. The van der Waals surface area contributed by atoms with Crippen molar-refractivity contribution in [2.24, 2.45) is 0 Å². The summed E-state index contributed by atoms with van der Waals surface area (Å²) in [5.41, 5.74) is 1.45. The number of cyclic esters (lactones) is 1. The van der Waals surface area contributed by atoms with Crippen LogP contribution in [-0.4, -0.2) is 49.1 Å². The van der Waals surface area contributed by atoms with Gasteiger partial charge in [0.25, 0.3) is 0 Å². The Balaban J connectivity index is 1.58. The van der Waals surface area contributed by atoms with Crippen molar-refractivity contribution in [2.45, 2.75) is 44.2 Å². The molecule has 0 bridgehead atoms. The van der Waals surface area contributed by atoms with Crippen LogP contribution in [0.15, 0.2) is 35.5 Å². The molecule has 1 aromatic rings. The van der Waals surface area contributed by atoms with Gasteiger partial charge < -0.3 is 20.1 Å². The molecule has 1 fully saturated rings. The monoisotopic (exact) mass is 399 g/mol. The number of carbonyl (C=O) groups excluding carboxylic acids is 3. The highest BCUT2D eigenvalue weighted by atomic mass is 16.5. The van der Waals surface area contributed by atoms with Crippen molar-refractivity contribution in [1.82, 2.24) is 15.5 Å². The minimum absolute atomic E-state index is 0.0239. The van der Waals surface area contributed by atoms with E-state index >= 15 is 0 Å². The van der Waals surface area contributed by atoms with Gasteiger partial charge in [-0.1, -0.05) is 37.5 Å². The lowest BCUT2D eigenvalue weighted by atomic mass is 9.94. The van der Waals surface area contributed by atoms with Gasteiger partial charge in [0.1, 0.15) is 18.9 Å². The molecule has 154 valence electrons. The van der Waals surface area contributed by atoms with Gasteiger partial charge in [0.2, 0.25) is 5.91 Å². The van der Waals surface area contributed by atoms with Gasteiger partial charge in [0, 0.05) is 11.6 Å². The number of hydrogen-bond donors (Lipinski definition) is 2. The summed E-state index contributed by atoms with van der Waals surface area (Å²) in [6.07, 6.45) is 5.33. The molecular weight excluding hydrogens is 374 g/mol. The van der Waals surface area contributed by atoms with Crippen molar-refractivity contribution in [3.8, 4) is 5.75 Å². The number of ether oxygens (including phenoxy) is 2. The first-order valence-electron chi connectivity index (χ1n) is 9.99. The molecule has 2 aliphatic heterocycles. The molecule has 0 spiro atoms. The Morgan fingerprint density at radius 2 is 2.00 bits per heavy atom. The minimum atomic E-state index is -0.679. The van der Waals surface area contributed by atoms with E-state index in [2.05, 4.69) is 10.6 Å². The van der Waals surface area contributed by atoms with E-state index in [9.17, 15) is 14.4 Å². The second kappa shape index (κ2) is 8.14. The van der Waals surface area contributed by atoms with Gasteiger partial charge in [0.15, 0.2) is 0 Å². The molecule has 0 unspecified atom stereocenters. The average Bonchev–Trinajstić information content (AvgIpc) is 3.12. The number of methoxy groups -OCH3 is 1. The standard InChI is InChI=1S/C21H25N3O5/c1-28-16-10-6-5-9-14(16)19-18-15(12-29-20(18)26)24(21(27)23-19)11-17(25)22-13-7-3-2-4-8-13/h5-6,9-10,13,19H,2-4,7-8,11-12H2,1H3,(H,22,25)(H,23,27)/t19-/m0/s1. The zero-order chi connectivity index (χ0) is 20.4. The third kappa shape index (κ3) is 3.79. The van der Waals surface area contributed by atoms with Crippen LogP contribution in [0.4, 0.5) is 4.79 Å². The molecule has 1 aliphatic carbocycles. The summed E-state index contributed by atoms with van der Waals surface area (Å²) in [4.78, 5) is 39.2. The number of amides is 3. The fraction of sp³-hybridized carbons (Fsp3) is 0.476. The summed E-state index contributed by atoms with van der Waals surface area (Å²) < 4.78 is 10.6. The highest BCUT2D eigenvalue weighted by molar-refractivity contribution is 5.98. The molecule has 0 aromatic heterocycles. The van der Waals surface area contributed by atoms with E-state index in [1.54, 1.807) is 12.1 Å².